The highest BCUT2D eigenvalue weighted by molar-refractivity contribution is 9.10. The van der Waals surface area contributed by atoms with Crippen molar-refractivity contribution in [2.75, 3.05) is 11.9 Å². The van der Waals surface area contributed by atoms with E-state index in [4.69, 9.17) is 5.73 Å². The molecule has 1 aromatic rings. The lowest BCUT2D eigenvalue weighted by atomic mass is 10.1. The average Bonchev–Trinajstić information content (AvgIpc) is 2.26. The Hall–Kier alpha value is -0.610. The van der Waals surface area contributed by atoms with Crippen LogP contribution in [-0.4, -0.2) is 11.5 Å². The van der Waals surface area contributed by atoms with Crippen LogP contribution in [0.4, 0.5) is 5.82 Å². The van der Waals surface area contributed by atoms with Crippen LogP contribution in [0.25, 0.3) is 0 Å². The van der Waals surface area contributed by atoms with Gasteiger partial charge in [-0.3, -0.25) is 0 Å². The number of aromatic nitrogens is 1. The van der Waals surface area contributed by atoms with Crippen molar-refractivity contribution in [3.05, 3.63) is 22.3 Å². The Bertz CT molecular complexity index is 326. The van der Waals surface area contributed by atoms with Gasteiger partial charge in [-0.05, 0) is 35.3 Å². The van der Waals surface area contributed by atoms with Crippen molar-refractivity contribution < 1.29 is 0 Å². The van der Waals surface area contributed by atoms with E-state index in [1.165, 1.54) is 19.3 Å². The number of pyridine rings is 1. The second-order valence-electron chi connectivity index (χ2n) is 4.01. The molecule has 1 heterocycles. The molecule has 3 nitrogen and oxygen atoms in total. The van der Waals surface area contributed by atoms with Crippen molar-refractivity contribution in [3.8, 4) is 0 Å². The third kappa shape index (κ3) is 4.10. The van der Waals surface area contributed by atoms with Gasteiger partial charge in [0.25, 0.3) is 0 Å². The smallest absolute Gasteiger partial charge is 0.130 e. The minimum atomic E-state index is -0.00123. The molecule has 0 aliphatic rings. The third-order valence-electron chi connectivity index (χ3n) is 2.45. The van der Waals surface area contributed by atoms with Crippen molar-refractivity contribution in [1.82, 2.24) is 4.98 Å². The van der Waals surface area contributed by atoms with Gasteiger partial charge in [0, 0.05) is 28.8 Å². The molecule has 0 fully saturated rings. The Balaban J connectivity index is 2.64. The molecule has 1 atom stereocenters. The summed E-state index contributed by atoms with van der Waals surface area (Å²) in [4.78, 5) is 4.36. The first kappa shape index (κ1) is 13.5. The number of rotatable bonds is 6. The highest BCUT2D eigenvalue weighted by Crippen LogP contribution is 2.22. The minimum Gasteiger partial charge on any atom is -0.370 e. The molecule has 1 aromatic heterocycles. The lowest BCUT2D eigenvalue weighted by Crippen LogP contribution is -2.12. The summed E-state index contributed by atoms with van der Waals surface area (Å²) in [6, 6.07) is 2.03. The fourth-order valence-corrected chi connectivity index (χ4v) is 1.88. The molecule has 0 amide bonds. The van der Waals surface area contributed by atoms with E-state index in [0.717, 1.165) is 22.4 Å². The van der Waals surface area contributed by atoms with Gasteiger partial charge in [-0.1, -0.05) is 19.8 Å². The van der Waals surface area contributed by atoms with Crippen LogP contribution in [0.15, 0.2) is 16.7 Å². The molecule has 90 valence electrons. The van der Waals surface area contributed by atoms with Gasteiger partial charge in [-0.25, -0.2) is 4.98 Å². The first-order chi connectivity index (χ1) is 7.65. The number of nitrogens with zero attached hydrogens (tertiary/aromatic N) is 1. The zero-order chi connectivity index (χ0) is 12.0. The average molecular weight is 286 g/mol. The van der Waals surface area contributed by atoms with Crippen LogP contribution in [0.3, 0.4) is 0 Å². The SMILES string of the molecule is CCCCCNc1ncc(Br)cc1C(C)N. The van der Waals surface area contributed by atoms with E-state index in [1.54, 1.807) is 6.20 Å². The van der Waals surface area contributed by atoms with E-state index < -0.39 is 0 Å². The van der Waals surface area contributed by atoms with Gasteiger partial charge in [0.2, 0.25) is 0 Å². The van der Waals surface area contributed by atoms with E-state index in [9.17, 15) is 0 Å². The lowest BCUT2D eigenvalue weighted by molar-refractivity contribution is 0.738. The standard InChI is InChI=1S/C12H20BrN3/c1-3-4-5-6-15-12-11(9(2)14)7-10(13)8-16-12/h7-9H,3-6,14H2,1-2H3,(H,15,16). The molecule has 0 aromatic carbocycles. The topological polar surface area (TPSA) is 50.9 Å². The van der Waals surface area contributed by atoms with Crippen LogP contribution < -0.4 is 11.1 Å². The Morgan fingerprint density at radius 1 is 1.50 bits per heavy atom. The maximum absolute atomic E-state index is 5.91. The molecule has 0 radical (unpaired) electrons. The molecule has 0 spiro atoms. The zero-order valence-corrected chi connectivity index (χ0v) is 11.5. The van der Waals surface area contributed by atoms with E-state index in [-0.39, 0.29) is 6.04 Å². The largest absolute Gasteiger partial charge is 0.370 e. The molecule has 0 aliphatic carbocycles. The van der Waals surface area contributed by atoms with Crippen molar-refractivity contribution in [2.45, 2.75) is 39.2 Å². The number of hydrogen-bond donors (Lipinski definition) is 2. The number of anilines is 1. The second kappa shape index (κ2) is 6.86. The molecule has 0 aliphatic heterocycles. The van der Waals surface area contributed by atoms with Crippen molar-refractivity contribution in [2.24, 2.45) is 5.73 Å². The van der Waals surface area contributed by atoms with E-state index in [0.29, 0.717) is 0 Å². The summed E-state index contributed by atoms with van der Waals surface area (Å²) in [7, 11) is 0. The van der Waals surface area contributed by atoms with Crippen molar-refractivity contribution in [3.63, 3.8) is 0 Å². The van der Waals surface area contributed by atoms with Crippen LogP contribution in [0.5, 0.6) is 0 Å². The molecule has 1 unspecified atom stereocenters. The summed E-state index contributed by atoms with van der Waals surface area (Å²) in [5.74, 6) is 0.911. The molecule has 1 rings (SSSR count). The Morgan fingerprint density at radius 3 is 2.88 bits per heavy atom. The first-order valence-corrected chi connectivity index (χ1v) is 6.59. The summed E-state index contributed by atoms with van der Waals surface area (Å²) < 4.78 is 0.971. The van der Waals surface area contributed by atoms with Gasteiger partial charge >= 0.3 is 0 Å². The van der Waals surface area contributed by atoms with E-state index in [2.05, 4.69) is 33.2 Å². The maximum Gasteiger partial charge on any atom is 0.130 e. The predicted octanol–water partition coefficient (Wildman–Crippen LogP) is 3.47. The van der Waals surface area contributed by atoms with E-state index >= 15 is 0 Å². The van der Waals surface area contributed by atoms with Gasteiger partial charge in [-0.2, -0.15) is 0 Å². The van der Waals surface area contributed by atoms with Crippen LogP contribution in [0.2, 0.25) is 0 Å². The van der Waals surface area contributed by atoms with E-state index in [1.807, 2.05) is 13.0 Å². The number of hydrogen-bond acceptors (Lipinski definition) is 3. The maximum atomic E-state index is 5.91. The number of unbranched alkanes of at least 4 members (excludes halogenated alkanes) is 2. The highest BCUT2D eigenvalue weighted by atomic mass is 79.9. The molecule has 0 saturated heterocycles. The van der Waals surface area contributed by atoms with Crippen LogP contribution in [-0.2, 0) is 0 Å². The summed E-state index contributed by atoms with van der Waals surface area (Å²) in [5.41, 5.74) is 6.97. The Morgan fingerprint density at radius 2 is 2.25 bits per heavy atom. The lowest BCUT2D eigenvalue weighted by Gasteiger charge is -2.13. The Labute approximate surface area is 106 Å². The van der Waals surface area contributed by atoms with Crippen LogP contribution in [0.1, 0.15) is 44.7 Å². The molecular formula is C12H20BrN3. The molecular weight excluding hydrogens is 266 g/mol. The Kier molecular flexibility index (Phi) is 5.77. The van der Waals surface area contributed by atoms with Gasteiger partial charge in [0.1, 0.15) is 5.82 Å². The van der Waals surface area contributed by atoms with Gasteiger partial charge < -0.3 is 11.1 Å². The summed E-state index contributed by atoms with van der Waals surface area (Å²) in [6.45, 7) is 5.13. The zero-order valence-electron chi connectivity index (χ0n) is 9.96. The van der Waals surface area contributed by atoms with Gasteiger partial charge in [0.05, 0.1) is 0 Å². The van der Waals surface area contributed by atoms with Crippen molar-refractivity contribution in [1.29, 1.82) is 0 Å². The number of nitrogens with one attached hydrogen (secondary N) is 1. The van der Waals surface area contributed by atoms with Crippen LogP contribution in [0, 0.1) is 0 Å². The van der Waals surface area contributed by atoms with Crippen molar-refractivity contribution >= 4 is 21.7 Å². The first-order valence-electron chi connectivity index (χ1n) is 5.80. The number of nitrogens with two attached hydrogens (primary N) is 1. The van der Waals surface area contributed by atoms with Gasteiger partial charge in [-0.15, -0.1) is 0 Å². The molecule has 4 heteroatoms. The minimum absolute atomic E-state index is 0.00123. The normalized spacial score (nSPS) is 12.5. The molecule has 16 heavy (non-hydrogen) atoms. The summed E-state index contributed by atoms with van der Waals surface area (Å²) >= 11 is 3.41. The summed E-state index contributed by atoms with van der Waals surface area (Å²) in [6.07, 6.45) is 5.45. The fraction of sp³-hybridized carbons (Fsp3) is 0.583. The highest BCUT2D eigenvalue weighted by Gasteiger charge is 2.08. The predicted molar refractivity (Wildman–Crippen MR) is 72.6 cm³/mol. The third-order valence-corrected chi connectivity index (χ3v) is 2.88. The second-order valence-corrected chi connectivity index (χ2v) is 4.93. The monoisotopic (exact) mass is 285 g/mol. The fourth-order valence-electron chi connectivity index (χ4n) is 1.53. The van der Waals surface area contributed by atoms with Crippen LogP contribution >= 0.6 is 15.9 Å². The quantitative estimate of drug-likeness (QED) is 0.787. The molecule has 3 N–H and O–H groups in total. The number of halogens is 1. The van der Waals surface area contributed by atoms with Gasteiger partial charge in [0.15, 0.2) is 0 Å². The molecule has 0 saturated carbocycles. The molecule has 0 bridgehead atoms. The summed E-state index contributed by atoms with van der Waals surface area (Å²) in [5, 5.41) is 3.34.